The van der Waals surface area contributed by atoms with Crippen LogP contribution < -0.4 is 10.1 Å². The van der Waals surface area contributed by atoms with Gasteiger partial charge in [-0.05, 0) is 48.7 Å². The molecule has 2 aromatic carbocycles. The van der Waals surface area contributed by atoms with Crippen LogP contribution in [0, 0.1) is 19.7 Å². The number of fused-ring (bicyclic) bond motifs is 2. The van der Waals surface area contributed by atoms with Crippen LogP contribution in [0.15, 0.2) is 30.3 Å². The van der Waals surface area contributed by atoms with Crippen molar-refractivity contribution in [1.82, 2.24) is 14.9 Å². The van der Waals surface area contributed by atoms with Crippen LogP contribution in [-0.2, 0) is 24.7 Å². The molecule has 4 rings (SSSR count). The second kappa shape index (κ2) is 6.68. The van der Waals surface area contributed by atoms with Gasteiger partial charge in [-0.15, -0.1) is 0 Å². The van der Waals surface area contributed by atoms with Crippen LogP contribution in [0.2, 0.25) is 0 Å². The standard InChI is InChI=1S/C21H22FN3O2/c1-12-9-14-11-18(27-17(14)10-13(12)2)21(26)23-8-7-19-24-20-15(22)5-4-6-16(20)25(19)3/h4-6,9-10,18H,7-8,11H2,1-3H3,(H,23,26). The number of hydrogen-bond donors (Lipinski definition) is 1. The number of halogens is 1. The maximum absolute atomic E-state index is 13.9. The van der Waals surface area contributed by atoms with Crippen LogP contribution in [0.25, 0.3) is 11.0 Å². The Balaban J connectivity index is 1.38. The van der Waals surface area contributed by atoms with Crippen LogP contribution in [0.1, 0.15) is 22.5 Å². The first-order valence-corrected chi connectivity index (χ1v) is 9.08. The second-order valence-corrected chi connectivity index (χ2v) is 7.09. The second-order valence-electron chi connectivity index (χ2n) is 7.09. The summed E-state index contributed by atoms with van der Waals surface area (Å²) in [4.78, 5) is 16.8. The van der Waals surface area contributed by atoms with Gasteiger partial charge in [0.1, 0.15) is 17.1 Å². The Labute approximate surface area is 157 Å². The van der Waals surface area contributed by atoms with Crippen molar-refractivity contribution in [3.63, 3.8) is 0 Å². The summed E-state index contributed by atoms with van der Waals surface area (Å²) in [6.07, 6.45) is 0.604. The lowest BCUT2D eigenvalue weighted by Gasteiger charge is -2.11. The Bertz CT molecular complexity index is 1010. The molecule has 0 spiro atoms. The Morgan fingerprint density at radius 3 is 2.89 bits per heavy atom. The molecule has 2 heterocycles. The fraction of sp³-hybridized carbons (Fsp3) is 0.333. The van der Waals surface area contributed by atoms with Crippen LogP contribution in [0.5, 0.6) is 5.75 Å². The SMILES string of the molecule is Cc1cc2c(cc1C)OC(C(=O)NCCc1nc3c(F)cccc3n1C)C2. The van der Waals surface area contributed by atoms with Crippen LogP contribution in [-0.4, -0.2) is 28.1 Å². The summed E-state index contributed by atoms with van der Waals surface area (Å²) in [7, 11) is 1.85. The van der Waals surface area contributed by atoms with Gasteiger partial charge >= 0.3 is 0 Å². The highest BCUT2D eigenvalue weighted by atomic mass is 19.1. The lowest BCUT2D eigenvalue weighted by molar-refractivity contribution is -0.127. The fourth-order valence-corrected chi connectivity index (χ4v) is 3.52. The van der Waals surface area contributed by atoms with Crippen molar-refractivity contribution >= 4 is 16.9 Å². The summed E-state index contributed by atoms with van der Waals surface area (Å²) >= 11 is 0. The third-order valence-electron chi connectivity index (χ3n) is 5.25. The third-order valence-corrected chi connectivity index (χ3v) is 5.25. The number of imidazole rings is 1. The number of nitrogens with zero attached hydrogens (tertiary/aromatic N) is 2. The molecular weight excluding hydrogens is 345 g/mol. The van der Waals surface area contributed by atoms with Gasteiger partial charge < -0.3 is 14.6 Å². The maximum atomic E-state index is 13.9. The highest BCUT2D eigenvalue weighted by Gasteiger charge is 2.29. The number of rotatable bonds is 4. The molecule has 1 aliphatic heterocycles. The highest BCUT2D eigenvalue weighted by Crippen LogP contribution is 2.31. The van der Waals surface area contributed by atoms with E-state index in [0.717, 1.165) is 28.2 Å². The van der Waals surface area contributed by atoms with Crippen molar-refractivity contribution in [2.45, 2.75) is 32.8 Å². The average molecular weight is 367 g/mol. The van der Waals surface area contributed by atoms with E-state index in [1.54, 1.807) is 6.07 Å². The van der Waals surface area contributed by atoms with E-state index in [1.165, 1.54) is 11.6 Å². The molecule has 3 aromatic rings. The first-order chi connectivity index (χ1) is 12.9. The number of hydrogen-bond acceptors (Lipinski definition) is 3. The molecule has 0 fully saturated rings. The van der Waals surface area contributed by atoms with Crippen molar-refractivity contribution in [3.8, 4) is 5.75 Å². The fourth-order valence-electron chi connectivity index (χ4n) is 3.52. The van der Waals surface area contributed by atoms with Gasteiger partial charge in [0.2, 0.25) is 0 Å². The average Bonchev–Trinajstić information content (AvgIpc) is 3.18. The predicted octanol–water partition coefficient (Wildman–Crippen LogP) is 2.99. The molecule has 1 aromatic heterocycles. The molecule has 0 bridgehead atoms. The molecule has 1 N–H and O–H groups in total. The first-order valence-electron chi connectivity index (χ1n) is 9.08. The van der Waals surface area contributed by atoms with Gasteiger partial charge in [-0.3, -0.25) is 4.79 Å². The topological polar surface area (TPSA) is 56.1 Å². The van der Waals surface area contributed by atoms with Crippen LogP contribution in [0.4, 0.5) is 4.39 Å². The molecule has 1 unspecified atom stereocenters. The summed E-state index contributed by atoms with van der Waals surface area (Å²) in [5, 5.41) is 2.91. The van der Waals surface area contributed by atoms with Gasteiger partial charge in [0, 0.05) is 26.4 Å². The zero-order valence-electron chi connectivity index (χ0n) is 15.7. The number of ether oxygens (including phenoxy) is 1. The molecule has 140 valence electrons. The Morgan fingerprint density at radius 2 is 2.11 bits per heavy atom. The van der Waals surface area contributed by atoms with E-state index in [2.05, 4.69) is 23.3 Å². The number of amides is 1. The summed E-state index contributed by atoms with van der Waals surface area (Å²) in [6.45, 7) is 4.51. The zero-order valence-corrected chi connectivity index (χ0v) is 15.7. The normalized spacial score (nSPS) is 15.6. The number of carbonyl (C=O) groups is 1. The Morgan fingerprint density at radius 1 is 1.33 bits per heavy atom. The predicted molar refractivity (Wildman–Crippen MR) is 101 cm³/mol. The smallest absolute Gasteiger partial charge is 0.261 e. The van der Waals surface area contributed by atoms with Gasteiger partial charge in [0.25, 0.3) is 5.91 Å². The number of nitrogens with one attached hydrogen (secondary N) is 1. The highest BCUT2D eigenvalue weighted by molar-refractivity contribution is 5.82. The van der Waals surface area contributed by atoms with Crippen LogP contribution >= 0.6 is 0 Å². The number of para-hydroxylation sites is 1. The molecule has 5 nitrogen and oxygen atoms in total. The Kier molecular flexibility index (Phi) is 4.34. The van der Waals surface area contributed by atoms with E-state index in [4.69, 9.17) is 4.74 Å². The molecule has 0 aliphatic carbocycles. The quantitative estimate of drug-likeness (QED) is 0.771. The molecule has 1 atom stereocenters. The van der Waals surface area contributed by atoms with E-state index in [9.17, 15) is 9.18 Å². The van der Waals surface area contributed by atoms with E-state index < -0.39 is 6.10 Å². The Hall–Kier alpha value is -2.89. The number of benzene rings is 2. The van der Waals surface area contributed by atoms with Crippen molar-refractivity contribution in [2.75, 3.05) is 6.54 Å². The molecule has 0 saturated carbocycles. The summed E-state index contributed by atoms with van der Waals surface area (Å²) < 4.78 is 21.5. The van der Waals surface area contributed by atoms with E-state index in [-0.39, 0.29) is 11.7 Å². The van der Waals surface area contributed by atoms with Gasteiger partial charge in [-0.25, -0.2) is 9.37 Å². The monoisotopic (exact) mass is 367 g/mol. The number of carbonyl (C=O) groups excluding carboxylic acids is 1. The van der Waals surface area contributed by atoms with Crippen molar-refractivity contribution in [1.29, 1.82) is 0 Å². The number of aryl methyl sites for hydroxylation is 3. The lowest BCUT2D eigenvalue weighted by atomic mass is 10.0. The van der Waals surface area contributed by atoms with Crippen LogP contribution in [0.3, 0.4) is 0 Å². The summed E-state index contributed by atoms with van der Waals surface area (Å²) in [5.41, 5.74) is 4.54. The van der Waals surface area contributed by atoms with E-state index >= 15 is 0 Å². The molecule has 27 heavy (non-hydrogen) atoms. The zero-order chi connectivity index (χ0) is 19.1. The number of aromatic nitrogens is 2. The molecule has 1 amide bonds. The lowest BCUT2D eigenvalue weighted by Crippen LogP contribution is -2.38. The van der Waals surface area contributed by atoms with Gasteiger partial charge in [0.15, 0.2) is 11.9 Å². The van der Waals surface area contributed by atoms with Crippen molar-refractivity contribution in [3.05, 3.63) is 58.7 Å². The minimum absolute atomic E-state index is 0.133. The molecule has 0 saturated heterocycles. The van der Waals surface area contributed by atoms with Gasteiger partial charge in [-0.1, -0.05) is 12.1 Å². The largest absolute Gasteiger partial charge is 0.480 e. The van der Waals surface area contributed by atoms with Crippen molar-refractivity contribution in [2.24, 2.45) is 7.05 Å². The molecule has 1 aliphatic rings. The van der Waals surface area contributed by atoms with Gasteiger partial charge in [0.05, 0.1) is 5.52 Å². The van der Waals surface area contributed by atoms with Crippen molar-refractivity contribution < 1.29 is 13.9 Å². The minimum Gasteiger partial charge on any atom is -0.480 e. The maximum Gasteiger partial charge on any atom is 0.261 e. The molecule has 6 heteroatoms. The minimum atomic E-state index is -0.501. The summed E-state index contributed by atoms with van der Waals surface area (Å²) in [6, 6.07) is 8.99. The van der Waals surface area contributed by atoms with Gasteiger partial charge in [-0.2, -0.15) is 0 Å². The third kappa shape index (κ3) is 3.16. The van der Waals surface area contributed by atoms with E-state index in [1.807, 2.05) is 30.7 Å². The molecular formula is C21H22FN3O2. The molecule has 0 radical (unpaired) electrons. The summed E-state index contributed by atoms with van der Waals surface area (Å²) in [5.74, 6) is 1.06. The first kappa shape index (κ1) is 17.5. The van der Waals surface area contributed by atoms with E-state index in [0.29, 0.717) is 24.9 Å².